The van der Waals surface area contributed by atoms with Gasteiger partial charge >= 0.3 is 0 Å². The van der Waals surface area contributed by atoms with Gasteiger partial charge < -0.3 is 19.7 Å². The Balaban J connectivity index is 1.89. The minimum atomic E-state index is -3.63. The summed E-state index contributed by atoms with van der Waals surface area (Å²) in [4.78, 5) is 27.5. The van der Waals surface area contributed by atoms with Crippen LogP contribution in [0, 0.1) is 5.92 Å². The first-order valence-electron chi connectivity index (χ1n) is 9.47. The maximum absolute atomic E-state index is 13.3. The molecular formula is C19H27N3O6S. The molecule has 2 aliphatic rings. The molecule has 0 bridgehead atoms. The second-order valence-corrected chi connectivity index (χ2v) is 10.00. The second-order valence-electron chi connectivity index (χ2n) is 8.02. The number of nitrogens with zero attached hydrogens (tertiary/aromatic N) is 2. The topological polar surface area (TPSA) is 105 Å². The SMILES string of the molecule is CC(C)CN1C(=O)CN(S(C)(=O)=O)CC1(C)C(=O)Nc1ccc2c(c1)OCCO2. The molecule has 10 heteroatoms. The van der Waals surface area contributed by atoms with E-state index in [1.54, 1.807) is 25.1 Å². The molecule has 0 saturated carbocycles. The van der Waals surface area contributed by atoms with Gasteiger partial charge in [0.15, 0.2) is 11.5 Å². The molecule has 29 heavy (non-hydrogen) atoms. The van der Waals surface area contributed by atoms with Crippen LogP contribution in [0.4, 0.5) is 5.69 Å². The van der Waals surface area contributed by atoms with Crippen LogP contribution in [0.5, 0.6) is 11.5 Å². The number of hydrogen-bond acceptors (Lipinski definition) is 6. The van der Waals surface area contributed by atoms with E-state index in [1.807, 2.05) is 13.8 Å². The molecule has 1 atom stereocenters. The molecule has 1 saturated heterocycles. The molecule has 1 unspecified atom stereocenters. The average Bonchev–Trinajstić information content (AvgIpc) is 2.63. The minimum Gasteiger partial charge on any atom is -0.486 e. The number of piperazine rings is 1. The summed E-state index contributed by atoms with van der Waals surface area (Å²) in [7, 11) is -3.63. The highest BCUT2D eigenvalue weighted by molar-refractivity contribution is 7.88. The summed E-state index contributed by atoms with van der Waals surface area (Å²) in [5.74, 6) is 0.380. The fraction of sp³-hybridized carbons (Fsp3) is 0.579. The van der Waals surface area contributed by atoms with Crippen LogP contribution in [0.25, 0.3) is 0 Å². The summed E-state index contributed by atoms with van der Waals surface area (Å²) < 4.78 is 36.2. The fourth-order valence-electron chi connectivity index (χ4n) is 3.48. The number of anilines is 1. The normalized spacial score (nSPS) is 22.7. The van der Waals surface area contributed by atoms with E-state index >= 15 is 0 Å². The van der Waals surface area contributed by atoms with Crippen LogP contribution in [0.1, 0.15) is 20.8 Å². The smallest absolute Gasteiger partial charge is 0.251 e. The van der Waals surface area contributed by atoms with Gasteiger partial charge in [-0.25, -0.2) is 8.42 Å². The third kappa shape index (κ3) is 4.48. The molecule has 1 fully saturated rings. The first-order valence-corrected chi connectivity index (χ1v) is 11.3. The Morgan fingerprint density at radius 3 is 2.52 bits per heavy atom. The molecule has 0 radical (unpaired) electrons. The lowest BCUT2D eigenvalue weighted by Gasteiger charge is -2.47. The highest BCUT2D eigenvalue weighted by Gasteiger charge is 2.49. The zero-order valence-electron chi connectivity index (χ0n) is 17.1. The molecule has 1 aromatic rings. The highest BCUT2D eigenvalue weighted by Crippen LogP contribution is 2.33. The molecule has 3 rings (SSSR count). The number of carbonyl (C=O) groups is 2. The molecule has 9 nitrogen and oxygen atoms in total. The summed E-state index contributed by atoms with van der Waals surface area (Å²) in [6.07, 6.45) is 1.04. The van der Waals surface area contributed by atoms with Crippen molar-refractivity contribution in [2.45, 2.75) is 26.3 Å². The first-order chi connectivity index (χ1) is 13.5. The monoisotopic (exact) mass is 425 g/mol. The predicted octanol–water partition coefficient (Wildman–Crippen LogP) is 0.915. The van der Waals surface area contributed by atoms with Crippen LogP contribution < -0.4 is 14.8 Å². The van der Waals surface area contributed by atoms with Crippen molar-refractivity contribution in [2.24, 2.45) is 5.92 Å². The van der Waals surface area contributed by atoms with Crippen molar-refractivity contribution in [1.29, 1.82) is 0 Å². The van der Waals surface area contributed by atoms with E-state index in [4.69, 9.17) is 9.47 Å². The second kappa shape index (κ2) is 7.83. The zero-order valence-corrected chi connectivity index (χ0v) is 17.9. The van der Waals surface area contributed by atoms with Crippen molar-refractivity contribution >= 4 is 27.5 Å². The van der Waals surface area contributed by atoms with E-state index < -0.39 is 27.4 Å². The molecule has 2 amide bonds. The van der Waals surface area contributed by atoms with E-state index in [9.17, 15) is 18.0 Å². The highest BCUT2D eigenvalue weighted by atomic mass is 32.2. The summed E-state index contributed by atoms with van der Waals surface area (Å²) in [5.41, 5.74) is -0.871. The Morgan fingerprint density at radius 1 is 1.24 bits per heavy atom. The van der Waals surface area contributed by atoms with Gasteiger partial charge in [-0.2, -0.15) is 4.31 Å². The van der Waals surface area contributed by atoms with Gasteiger partial charge in [-0.1, -0.05) is 13.8 Å². The summed E-state index contributed by atoms with van der Waals surface area (Å²) in [6, 6.07) is 5.04. The van der Waals surface area contributed by atoms with Gasteiger partial charge in [-0.3, -0.25) is 9.59 Å². The number of ether oxygens (including phenoxy) is 2. The van der Waals surface area contributed by atoms with Crippen LogP contribution >= 0.6 is 0 Å². The van der Waals surface area contributed by atoms with E-state index in [1.165, 1.54) is 4.90 Å². The molecular weight excluding hydrogens is 398 g/mol. The van der Waals surface area contributed by atoms with Gasteiger partial charge in [0.25, 0.3) is 5.91 Å². The molecule has 2 aliphatic heterocycles. The number of nitrogens with one attached hydrogen (secondary N) is 1. The maximum Gasteiger partial charge on any atom is 0.251 e. The van der Waals surface area contributed by atoms with Crippen molar-refractivity contribution < 1.29 is 27.5 Å². The van der Waals surface area contributed by atoms with E-state index in [0.29, 0.717) is 36.9 Å². The van der Waals surface area contributed by atoms with Gasteiger partial charge in [-0.15, -0.1) is 0 Å². The zero-order chi connectivity index (χ0) is 21.4. The van der Waals surface area contributed by atoms with Crippen LogP contribution in [0.3, 0.4) is 0 Å². The van der Waals surface area contributed by atoms with E-state index in [-0.39, 0.29) is 19.0 Å². The molecule has 0 aromatic heterocycles. The van der Waals surface area contributed by atoms with Gasteiger partial charge in [0.2, 0.25) is 15.9 Å². The van der Waals surface area contributed by atoms with E-state index in [0.717, 1.165) is 10.6 Å². The molecule has 160 valence electrons. The lowest BCUT2D eigenvalue weighted by atomic mass is 9.94. The minimum absolute atomic E-state index is 0.110. The van der Waals surface area contributed by atoms with E-state index in [2.05, 4.69) is 5.32 Å². The Hall–Kier alpha value is -2.33. The number of rotatable bonds is 5. The van der Waals surface area contributed by atoms with Crippen molar-refractivity contribution in [3.63, 3.8) is 0 Å². The van der Waals surface area contributed by atoms with Crippen LogP contribution in [0.2, 0.25) is 0 Å². The number of sulfonamides is 1. The third-order valence-corrected chi connectivity index (χ3v) is 6.19. The van der Waals surface area contributed by atoms with Crippen LogP contribution in [-0.2, 0) is 19.6 Å². The third-order valence-electron chi connectivity index (χ3n) is 5.00. The number of fused-ring (bicyclic) bond motifs is 1. The van der Waals surface area contributed by atoms with Crippen molar-refractivity contribution in [3.05, 3.63) is 18.2 Å². The van der Waals surface area contributed by atoms with Crippen LogP contribution in [-0.4, -0.2) is 74.1 Å². The van der Waals surface area contributed by atoms with Crippen molar-refractivity contribution in [2.75, 3.05) is 44.4 Å². The number of hydrogen-bond donors (Lipinski definition) is 1. The quantitative estimate of drug-likeness (QED) is 0.752. The number of amides is 2. The molecule has 0 spiro atoms. The lowest BCUT2D eigenvalue weighted by molar-refractivity contribution is -0.151. The summed E-state index contributed by atoms with van der Waals surface area (Å²) in [6.45, 7) is 6.33. The molecule has 0 aliphatic carbocycles. The predicted molar refractivity (Wildman–Crippen MR) is 107 cm³/mol. The molecule has 1 aromatic carbocycles. The molecule has 2 heterocycles. The Bertz CT molecular complexity index is 917. The molecule has 1 N–H and O–H groups in total. The van der Waals surface area contributed by atoms with Crippen molar-refractivity contribution in [3.8, 4) is 11.5 Å². The largest absolute Gasteiger partial charge is 0.486 e. The summed E-state index contributed by atoms with van der Waals surface area (Å²) >= 11 is 0. The maximum atomic E-state index is 13.3. The van der Waals surface area contributed by atoms with Gasteiger partial charge in [0, 0.05) is 24.8 Å². The Kier molecular flexibility index (Phi) is 5.77. The Labute approximate surface area is 171 Å². The standard InChI is InChI=1S/C19H27N3O6S/c1-13(2)10-22-17(23)11-21(29(4,25)26)12-19(22,3)18(24)20-14-5-6-15-16(9-14)28-8-7-27-15/h5-6,9,13H,7-8,10-12H2,1-4H3,(H,20,24). The van der Waals surface area contributed by atoms with Gasteiger partial charge in [-0.05, 0) is 25.0 Å². The van der Waals surface area contributed by atoms with Gasteiger partial charge in [0.1, 0.15) is 18.8 Å². The number of benzene rings is 1. The lowest BCUT2D eigenvalue weighted by Crippen LogP contribution is -2.69. The first kappa shape index (κ1) is 21.4. The van der Waals surface area contributed by atoms with Crippen LogP contribution in [0.15, 0.2) is 18.2 Å². The summed E-state index contributed by atoms with van der Waals surface area (Å²) in [5, 5.41) is 2.81. The van der Waals surface area contributed by atoms with Crippen molar-refractivity contribution in [1.82, 2.24) is 9.21 Å². The van der Waals surface area contributed by atoms with Gasteiger partial charge in [0.05, 0.1) is 12.8 Å². The Morgan fingerprint density at radius 2 is 1.90 bits per heavy atom. The number of carbonyl (C=O) groups excluding carboxylic acids is 2. The average molecular weight is 426 g/mol. The fourth-order valence-corrected chi connectivity index (χ4v) is 4.31.